The van der Waals surface area contributed by atoms with Crippen molar-refractivity contribution in [1.29, 1.82) is 0 Å². The quantitative estimate of drug-likeness (QED) is 0.0901. The Morgan fingerprint density at radius 2 is 1.23 bits per heavy atom. The first-order valence-electron chi connectivity index (χ1n) is 15.8. The summed E-state index contributed by atoms with van der Waals surface area (Å²) in [5.74, 6) is -3.45. The number of aromatic amines is 2. The summed E-state index contributed by atoms with van der Waals surface area (Å²) in [5, 5.41) is 29.7. The maximum Gasteiger partial charge on any atom is 0.326 e. The predicted octanol–water partition coefficient (Wildman–Crippen LogP) is 2.91. The van der Waals surface area contributed by atoms with Crippen molar-refractivity contribution in [2.45, 2.75) is 57.3 Å². The molecular weight excluding hydrogens is 612 g/mol. The first-order chi connectivity index (χ1) is 23.0. The topological polar surface area (TPSA) is 202 Å². The average Bonchev–Trinajstić information content (AvgIpc) is 3.67. The summed E-state index contributed by atoms with van der Waals surface area (Å²) in [4.78, 5) is 59.2. The number of nitrogens with two attached hydrogens (primary N) is 1. The zero-order valence-electron chi connectivity index (χ0n) is 26.7. The highest BCUT2D eigenvalue weighted by Crippen LogP contribution is 2.21. The second-order valence-electron chi connectivity index (χ2n) is 12.3. The number of aliphatic carboxylic acids is 1. The van der Waals surface area contributed by atoms with Gasteiger partial charge in [-0.05, 0) is 53.3 Å². The highest BCUT2D eigenvalue weighted by atomic mass is 16.4. The summed E-state index contributed by atoms with van der Waals surface area (Å²) in [7, 11) is 0. The molecule has 0 fully saturated rings. The molecule has 0 aliphatic heterocycles. The zero-order chi connectivity index (χ0) is 34.4. The molecule has 4 unspecified atom stereocenters. The minimum absolute atomic E-state index is 0.00385. The Hall–Kier alpha value is -5.62. The Morgan fingerprint density at radius 1 is 0.688 bits per heavy atom. The number of hydrogen-bond donors (Lipinski definition) is 8. The van der Waals surface area contributed by atoms with Gasteiger partial charge < -0.3 is 41.9 Å². The highest BCUT2D eigenvalue weighted by molar-refractivity contribution is 5.95. The molecule has 0 saturated carbocycles. The van der Waals surface area contributed by atoms with E-state index in [1.54, 1.807) is 38.4 Å². The number of carbonyl (C=O) groups is 4. The molecule has 2 aromatic heterocycles. The molecule has 0 radical (unpaired) electrons. The normalized spacial score (nSPS) is 13.9. The van der Waals surface area contributed by atoms with Crippen molar-refractivity contribution >= 4 is 45.5 Å². The number of H-pyrrole nitrogens is 2. The lowest BCUT2D eigenvalue weighted by Gasteiger charge is -2.27. The van der Waals surface area contributed by atoms with Gasteiger partial charge in [-0.1, -0.05) is 62.4 Å². The van der Waals surface area contributed by atoms with Crippen LogP contribution >= 0.6 is 0 Å². The standard InChI is InChI=1S/C36H40N6O6/c1-20(2)32(42-33(44)27(37)16-22-18-38-28-9-5-3-7-25(22)28)35(46)40-30(15-21-11-13-24(43)14-12-21)34(45)41-31(36(47)48)17-23-19-39-29-10-6-4-8-26(23)29/h3-14,18-20,27,30-32,38-39,43H,15-17,37H2,1-2H3,(H,40,46)(H,41,45)(H,42,44)(H,47,48). The van der Waals surface area contributed by atoms with Gasteiger partial charge in [-0.15, -0.1) is 0 Å². The molecule has 12 heteroatoms. The lowest BCUT2D eigenvalue weighted by atomic mass is 9.99. The van der Waals surface area contributed by atoms with Crippen LogP contribution in [0.25, 0.3) is 21.8 Å². The second kappa shape index (κ2) is 14.9. The van der Waals surface area contributed by atoms with E-state index < -0.39 is 47.9 Å². The number of carboxylic acid groups (broad SMARTS) is 1. The Kier molecular flexibility index (Phi) is 10.4. The van der Waals surface area contributed by atoms with Crippen molar-refractivity contribution in [2.24, 2.45) is 11.7 Å². The molecule has 0 bridgehead atoms. The Balaban J connectivity index is 1.31. The summed E-state index contributed by atoms with van der Waals surface area (Å²) in [6, 6.07) is 16.7. The number of aromatic hydroxyl groups is 1. The van der Waals surface area contributed by atoms with Gasteiger partial charge in [0.1, 0.15) is 23.9 Å². The van der Waals surface area contributed by atoms with Gasteiger partial charge >= 0.3 is 5.97 Å². The fraction of sp³-hybridized carbons (Fsp3) is 0.278. The molecule has 9 N–H and O–H groups in total. The van der Waals surface area contributed by atoms with Crippen molar-refractivity contribution in [2.75, 3.05) is 0 Å². The van der Waals surface area contributed by atoms with Crippen molar-refractivity contribution in [1.82, 2.24) is 25.9 Å². The lowest BCUT2D eigenvalue weighted by molar-refractivity contribution is -0.142. The number of rotatable bonds is 14. The van der Waals surface area contributed by atoms with Gasteiger partial charge in [0.05, 0.1) is 6.04 Å². The summed E-state index contributed by atoms with van der Waals surface area (Å²) >= 11 is 0. The molecule has 12 nitrogen and oxygen atoms in total. The summed E-state index contributed by atoms with van der Waals surface area (Å²) in [6.07, 6.45) is 3.75. The number of phenolic OH excluding ortho intramolecular Hbond substituents is 1. The molecule has 0 spiro atoms. The molecular formula is C36H40N6O6. The van der Waals surface area contributed by atoms with E-state index in [0.29, 0.717) is 11.1 Å². The maximum atomic E-state index is 13.7. The third kappa shape index (κ3) is 8.02. The third-order valence-electron chi connectivity index (χ3n) is 8.42. The van der Waals surface area contributed by atoms with Crippen LogP contribution < -0.4 is 21.7 Å². The minimum atomic E-state index is -1.29. The number of amides is 3. The average molecular weight is 653 g/mol. The number of carboxylic acids is 1. The molecule has 2 heterocycles. The molecule has 4 atom stereocenters. The number of fused-ring (bicyclic) bond motifs is 2. The summed E-state index contributed by atoms with van der Waals surface area (Å²) in [5.41, 5.74) is 10.2. The van der Waals surface area contributed by atoms with E-state index in [2.05, 4.69) is 25.9 Å². The van der Waals surface area contributed by atoms with Gasteiger partial charge in [0.2, 0.25) is 17.7 Å². The minimum Gasteiger partial charge on any atom is -0.508 e. The lowest BCUT2D eigenvalue weighted by Crippen LogP contribution is -2.59. The number of para-hydroxylation sites is 2. The van der Waals surface area contributed by atoms with Gasteiger partial charge in [-0.2, -0.15) is 0 Å². The number of aromatic nitrogens is 2. The van der Waals surface area contributed by atoms with E-state index in [0.717, 1.165) is 27.4 Å². The highest BCUT2D eigenvalue weighted by Gasteiger charge is 2.32. The maximum absolute atomic E-state index is 13.7. The number of phenols is 1. The van der Waals surface area contributed by atoms with Gasteiger partial charge in [-0.25, -0.2) is 4.79 Å². The van der Waals surface area contributed by atoms with E-state index >= 15 is 0 Å². The number of hydrogen-bond acceptors (Lipinski definition) is 6. The third-order valence-corrected chi connectivity index (χ3v) is 8.42. The van der Waals surface area contributed by atoms with Crippen molar-refractivity contribution < 1.29 is 29.4 Å². The van der Waals surface area contributed by atoms with E-state index in [9.17, 15) is 29.4 Å². The summed E-state index contributed by atoms with van der Waals surface area (Å²) < 4.78 is 0. The van der Waals surface area contributed by atoms with Crippen LogP contribution in [0.15, 0.2) is 85.2 Å². The van der Waals surface area contributed by atoms with Gasteiger partial charge in [0.15, 0.2) is 0 Å². The molecule has 3 amide bonds. The zero-order valence-corrected chi connectivity index (χ0v) is 26.7. The largest absolute Gasteiger partial charge is 0.508 e. The van der Waals surface area contributed by atoms with Crippen LogP contribution in [-0.2, 0) is 38.4 Å². The van der Waals surface area contributed by atoms with Gasteiger partial charge in [-0.3, -0.25) is 14.4 Å². The van der Waals surface area contributed by atoms with Crippen LogP contribution in [-0.4, -0.2) is 68.0 Å². The molecule has 0 saturated heterocycles. The van der Waals surface area contributed by atoms with Crippen LogP contribution in [0.2, 0.25) is 0 Å². The van der Waals surface area contributed by atoms with Crippen LogP contribution in [0, 0.1) is 5.92 Å². The Morgan fingerprint density at radius 3 is 1.79 bits per heavy atom. The first-order valence-corrected chi connectivity index (χ1v) is 15.8. The van der Waals surface area contributed by atoms with Crippen molar-refractivity contribution in [3.05, 3.63) is 102 Å². The van der Waals surface area contributed by atoms with Crippen LogP contribution in [0.3, 0.4) is 0 Å². The summed E-state index contributed by atoms with van der Waals surface area (Å²) in [6.45, 7) is 3.51. The molecule has 0 aliphatic carbocycles. The molecule has 0 aliphatic rings. The Labute approximate surface area is 277 Å². The monoisotopic (exact) mass is 652 g/mol. The molecule has 3 aromatic carbocycles. The van der Waals surface area contributed by atoms with Gasteiger partial charge in [0.25, 0.3) is 0 Å². The van der Waals surface area contributed by atoms with Gasteiger partial charge in [0, 0.05) is 47.0 Å². The van der Waals surface area contributed by atoms with Crippen molar-refractivity contribution in [3.63, 3.8) is 0 Å². The fourth-order valence-corrected chi connectivity index (χ4v) is 5.76. The smallest absolute Gasteiger partial charge is 0.326 e. The molecule has 250 valence electrons. The fourth-order valence-electron chi connectivity index (χ4n) is 5.76. The van der Waals surface area contributed by atoms with Crippen LogP contribution in [0.4, 0.5) is 0 Å². The Bertz CT molecular complexity index is 1910. The first kappa shape index (κ1) is 33.7. The molecule has 5 rings (SSSR count). The SMILES string of the molecule is CC(C)C(NC(=O)C(N)Cc1c[nH]c2ccccc12)C(=O)NC(Cc1ccc(O)cc1)C(=O)NC(Cc1c[nH]c2ccccc12)C(=O)O. The van der Waals surface area contributed by atoms with Crippen molar-refractivity contribution in [3.8, 4) is 5.75 Å². The number of carbonyl (C=O) groups excluding carboxylic acids is 3. The number of benzene rings is 3. The predicted molar refractivity (Wildman–Crippen MR) is 182 cm³/mol. The van der Waals surface area contributed by atoms with Crippen LogP contribution in [0.1, 0.15) is 30.5 Å². The van der Waals surface area contributed by atoms with E-state index in [1.807, 2.05) is 48.5 Å². The second-order valence-corrected chi connectivity index (χ2v) is 12.3. The molecule has 5 aromatic rings. The molecule has 48 heavy (non-hydrogen) atoms. The van der Waals surface area contributed by atoms with E-state index in [4.69, 9.17) is 5.73 Å². The number of nitrogens with one attached hydrogen (secondary N) is 5. The van der Waals surface area contributed by atoms with E-state index in [-0.39, 0.29) is 30.9 Å². The van der Waals surface area contributed by atoms with Crippen LogP contribution in [0.5, 0.6) is 5.75 Å². The van der Waals surface area contributed by atoms with E-state index in [1.165, 1.54) is 12.1 Å².